The summed E-state index contributed by atoms with van der Waals surface area (Å²) in [6, 6.07) is 15.3. The molecule has 0 saturated carbocycles. The Kier molecular flexibility index (Phi) is 5.51. The van der Waals surface area contributed by atoms with Gasteiger partial charge in [-0.15, -0.1) is 0 Å². The third kappa shape index (κ3) is 3.62. The Hall–Kier alpha value is -4.33. The van der Waals surface area contributed by atoms with E-state index in [1.54, 1.807) is 47.0 Å². The maximum absolute atomic E-state index is 13.3. The molecule has 4 rings (SSSR count). The smallest absolute Gasteiger partial charge is 0.260 e. The van der Waals surface area contributed by atoms with Crippen LogP contribution in [0.1, 0.15) is 26.4 Å². The van der Waals surface area contributed by atoms with Crippen molar-refractivity contribution in [3.05, 3.63) is 89.5 Å². The Morgan fingerprint density at radius 1 is 1.00 bits per heavy atom. The number of carbonyl (C=O) groups is 2. The molecular weight excluding hydrogens is 413 g/mol. The monoisotopic (exact) mass is 433 g/mol. The van der Waals surface area contributed by atoms with E-state index in [0.29, 0.717) is 22.7 Å². The van der Waals surface area contributed by atoms with Gasteiger partial charge in [0.05, 0.1) is 36.7 Å². The molecule has 0 aliphatic rings. The number of hydrogen-bond acceptors (Lipinski definition) is 5. The van der Waals surface area contributed by atoms with Crippen molar-refractivity contribution in [3.8, 4) is 11.5 Å². The SMILES string of the molecule is COc1ccc(NC(=O)c2c(N)c(C(=O)c3ccc(F)cc3)n3ccccc23)c(OC)c1. The number of pyridine rings is 1. The van der Waals surface area contributed by atoms with Crippen molar-refractivity contribution in [2.24, 2.45) is 0 Å². The number of nitrogens with zero attached hydrogens (tertiary/aromatic N) is 1. The number of fused-ring (bicyclic) bond motifs is 1. The molecule has 0 spiro atoms. The summed E-state index contributed by atoms with van der Waals surface area (Å²) in [6.45, 7) is 0. The van der Waals surface area contributed by atoms with Crippen LogP contribution < -0.4 is 20.5 Å². The number of nitrogens with one attached hydrogen (secondary N) is 1. The molecule has 32 heavy (non-hydrogen) atoms. The van der Waals surface area contributed by atoms with Gasteiger partial charge < -0.3 is 24.9 Å². The zero-order valence-corrected chi connectivity index (χ0v) is 17.4. The molecule has 162 valence electrons. The van der Waals surface area contributed by atoms with Crippen LogP contribution in [0.2, 0.25) is 0 Å². The second-order valence-corrected chi connectivity index (χ2v) is 6.95. The number of ketones is 1. The van der Waals surface area contributed by atoms with E-state index in [2.05, 4.69) is 5.32 Å². The molecule has 0 saturated heterocycles. The van der Waals surface area contributed by atoms with Crippen LogP contribution >= 0.6 is 0 Å². The average molecular weight is 433 g/mol. The normalized spacial score (nSPS) is 10.7. The molecule has 7 nitrogen and oxygen atoms in total. The zero-order chi connectivity index (χ0) is 22.8. The molecule has 2 aromatic heterocycles. The van der Waals surface area contributed by atoms with E-state index in [4.69, 9.17) is 15.2 Å². The van der Waals surface area contributed by atoms with E-state index in [-0.39, 0.29) is 22.5 Å². The lowest BCUT2D eigenvalue weighted by Gasteiger charge is -2.11. The fraction of sp³-hybridized carbons (Fsp3) is 0.0833. The van der Waals surface area contributed by atoms with Gasteiger partial charge >= 0.3 is 0 Å². The second kappa shape index (κ2) is 8.43. The number of ether oxygens (including phenoxy) is 2. The standard InChI is InChI=1S/C24H20FN3O4/c1-31-16-10-11-17(19(13-16)32-2)27-24(30)20-18-5-3-4-12-28(18)22(21(20)26)23(29)14-6-8-15(25)9-7-14/h3-13H,26H2,1-2H3,(H,27,30). The van der Waals surface area contributed by atoms with Crippen molar-refractivity contribution >= 4 is 28.6 Å². The Morgan fingerprint density at radius 2 is 1.75 bits per heavy atom. The average Bonchev–Trinajstić information content (AvgIpc) is 3.11. The summed E-state index contributed by atoms with van der Waals surface area (Å²) >= 11 is 0. The number of amides is 1. The fourth-order valence-corrected chi connectivity index (χ4v) is 3.52. The molecule has 4 aromatic rings. The zero-order valence-electron chi connectivity index (χ0n) is 17.4. The van der Waals surface area contributed by atoms with Crippen LogP contribution in [0, 0.1) is 5.82 Å². The third-order valence-electron chi connectivity index (χ3n) is 5.09. The van der Waals surface area contributed by atoms with Gasteiger partial charge in [-0.2, -0.15) is 0 Å². The molecule has 0 bridgehead atoms. The number of aromatic nitrogens is 1. The summed E-state index contributed by atoms with van der Waals surface area (Å²) < 4.78 is 25.4. The van der Waals surface area contributed by atoms with Crippen LogP contribution in [-0.4, -0.2) is 30.3 Å². The van der Waals surface area contributed by atoms with E-state index < -0.39 is 17.5 Å². The number of rotatable bonds is 6. The lowest BCUT2D eigenvalue weighted by molar-refractivity contribution is 0.102. The van der Waals surface area contributed by atoms with Gasteiger partial charge in [-0.25, -0.2) is 4.39 Å². The van der Waals surface area contributed by atoms with Gasteiger partial charge in [0.15, 0.2) is 0 Å². The van der Waals surface area contributed by atoms with Gasteiger partial charge in [0.25, 0.3) is 5.91 Å². The summed E-state index contributed by atoms with van der Waals surface area (Å²) in [4.78, 5) is 26.4. The molecule has 0 unspecified atom stereocenters. The molecule has 1 amide bonds. The number of halogens is 1. The number of methoxy groups -OCH3 is 2. The van der Waals surface area contributed by atoms with Crippen molar-refractivity contribution < 1.29 is 23.5 Å². The van der Waals surface area contributed by atoms with E-state index in [9.17, 15) is 14.0 Å². The number of nitrogen functional groups attached to an aromatic ring is 1. The maximum atomic E-state index is 13.3. The van der Waals surface area contributed by atoms with Crippen LogP contribution in [0.25, 0.3) is 5.52 Å². The Labute approximate surface area is 183 Å². The molecule has 2 aromatic carbocycles. The van der Waals surface area contributed by atoms with Gasteiger partial charge in [-0.05, 0) is 48.5 Å². The lowest BCUT2D eigenvalue weighted by Crippen LogP contribution is -2.14. The Bertz CT molecular complexity index is 1330. The van der Waals surface area contributed by atoms with Crippen LogP contribution in [0.15, 0.2) is 66.9 Å². The van der Waals surface area contributed by atoms with Crippen molar-refractivity contribution in [1.82, 2.24) is 4.40 Å². The minimum atomic E-state index is -0.507. The maximum Gasteiger partial charge on any atom is 0.260 e. The van der Waals surface area contributed by atoms with E-state index >= 15 is 0 Å². The minimum Gasteiger partial charge on any atom is -0.497 e. The summed E-state index contributed by atoms with van der Waals surface area (Å²) in [7, 11) is 3.01. The van der Waals surface area contributed by atoms with E-state index in [1.807, 2.05) is 0 Å². The molecule has 2 heterocycles. The van der Waals surface area contributed by atoms with Gasteiger partial charge in [0.2, 0.25) is 5.78 Å². The van der Waals surface area contributed by atoms with Crippen molar-refractivity contribution in [2.45, 2.75) is 0 Å². The highest BCUT2D eigenvalue weighted by Crippen LogP contribution is 2.32. The number of benzene rings is 2. The Balaban J connectivity index is 1.79. The Morgan fingerprint density at radius 3 is 2.44 bits per heavy atom. The second-order valence-electron chi connectivity index (χ2n) is 6.95. The lowest BCUT2D eigenvalue weighted by atomic mass is 10.1. The van der Waals surface area contributed by atoms with Gasteiger partial charge in [0, 0.05) is 17.8 Å². The highest BCUT2D eigenvalue weighted by molar-refractivity contribution is 6.20. The van der Waals surface area contributed by atoms with E-state index in [1.165, 1.54) is 38.5 Å². The third-order valence-corrected chi connectivity index (χ3v) is 5.09. The number of nitrogens with two attached hydrogens (primary N) is 1. The molecule has 0 fully saturated rings. The van der Waals surface area contributed by atoms with Crippen molar-refractivity contribution in [2.75, 3.05) is 25.3 Å². The molecule has 8 heteroatoms. The fourth-order valence-electron chi connectivity index (χ4n) is 3.52. The highest BCUT2D eigenvalue weighted by atomic mass is 19.1. The highest BCUT2D eigenvalue weighted by Gasteiger charge is 2.26. The number of hydrogen-bond donors (Lipinski definition) is 2. The first-order valence-electron chi connectivity index (χ1n) is 9.66. The largest absolute Gasteiger partial charge is 0.497 e. The molecule has 0 radical (unpaired) electrons. The quantitative estimate of drug-likeness (QED) is 0.445. The molecule has 0 aliphatic carbocycles. The molecule has 0 atom stereocenters. The van der Waals surface area contributed by atoms with Crippen molar-refractivity contribution in [3.63, 3.8) is 0 Å². The van der Waals surface area contributed by atoms with Crippen LogP contribution in [0.3, 0.4) is 0 Å². The first kappa shape index (κ1) is 20.9. The summed E-state index contributed by atoms with van der Waals surface area (Å²) in [5, 5.41) is 2.79. The molecule has 3 N–H and O–H groups in total. The molecular formula is C24H20FN3O4. The van der Waals surface area contributed by atoms with Crippen LogP contribution in [-0.2, 0) is 0 Å². The van der Waals surface area contributed by atoms with Crippen LogP contribution in [0.4, 0.5) is 15.8 Å². The predicted molar refractivity (Wildman–Crippen MR) is 119 cm³/mol. The molecule has 0 aliphatic heterocycles. The van der Waals surface area contributed by atoms with Crippen LogP contribution in [0.5, 0.6) is 11.5 Å². The first-order chi connectivity index (χ1) is 15.4. The number of carbonyl (C=O) groups excluding carboxylic acids is 2. The number of anilines is 2. The predicted octanol–water partition coefficient (Wildman–Crippen LogP) is 4.16. The van der Waals surface area contributed by atoms with Gasteiger partial charge in [0.1, 0.15) is 23.0 Å². The summed E-state index contributed by atoms with van der Waals surface area (Å²) in [5.41, 5.74) is 7.75. The van der Waals surface area contributed by atoms with Crippen molar-refractivity contribution in [1.29, 1.82) is 0 Å². The minimum absolute atomic E-state index is 0.0236. The van der Waals surface area contributed by atoms with Gasteiger partial charge in [-0.1, -0.05) is 6.07 Å². The summed E-state index contributed by atoms with van der Waals surface area (Å²) in [6.07, 6.45) is 1.65. The summed E-state index contributed by atoms with van der Waals surface area (Å²) in [5.74, 6) is -0.413. The van der Waals surface area contributed by atoms with E-state index in [0.717, 1.165) is 0 Å². The first-order valence-corrected chi connectivity index (χ1v) is 9.66. The van der Waals surface area contributed by atoms with Gasteiger partial charge in [-0.3, -0.25) is 9.59 Å². The topological polar surface area (TPSA) is 95.1 Å².